The molecule has 1 aromatic heterocycles. The summed E-state index contributed by atoms with van der Waals surface area (Å²) in [7, 11) is 0. The Bertz CT molecular complexity index is 1060. The maximum absolute atomic E-state index is 11.2. The van der Waals surface area contributed by atoms with Gasteiger partial charge in [-0.15, -0.1) is 5.10 Å². The van der Waals surface area contributed by atoms with Crippen molar-refractivity contribution in [1.29, 1.82) is 0 Å². The first kappa shape index (κ1) is 21.1. The van der Waals surface area contributed by atoms with Crippen LogP contribution in [0.5, 0.6) is 11.5 Å². The molecule has 0 aliphatic carbocycles. The van der Waals surface area contributed by atoms with Crippen LogP contribution in [0, 0.1) is 0 Å². The topological polar surface area (TPSA) is 89.7 Å². The Morgan fingerprint density at radius 2 is 1.81 bits per heavy atom. The van der Waals surface area contributed by atoms with Gasteiger partial charge in [-0.3, -0.25) is 4.90 Å². The normalized spacial score (nSPS) is 15.3. The molecule has 0 unspecified atom stereocenters. The zero-order valence-corrected chi connectivity index (χ0v) is 18.0. The number of piperidine rings is 1. The molecule has 0 saturated carbocycles. The van der Waals surface area contributed by atoms with Gasteiger partial charge in [0.15, 0.2) is 11.5 Å². The molecule has 0 spiro atoms. The molecule has 0 radical (unpaired) electrons. The second kappa shape index (κ2) is 9.34. The van der Waals surface area contributed by atoms with Gasteiger partial charge < -0.3 is 14.6 Å². The molecule has 0 atom stereocenters. The highest BCUT2D eigenvalue weighted by Crippen LogP contribution is 2.31. The second-order valence-corrected chi connectivity index (χ2v) is 7.70. The van der Waals surface area contributed by atoms with Gasteiger partial charge in [0.2, 0.25) is 0 Å². The first-order valence-electron chi connectivity index (χ1n) is 10.8. The lowest BCUT2D eigenvalue weighted by Crippen LogP contribution is -2.34. The second-order valence-electron chi connectivity index (χ2n) is 7.70. The van der Waals surface area contributed by atoms with Crippen molar-refractivity contribution in [2.75, 3.05) is 26.3 Å². The quantitative estimate of drug-likeness (QED) is 0.589. The van der Waals surface area contributed by atoms with Crippen LogP contribution in [0.25, 0.3) is 11.0 Å². The van der Waals surface area contributed by atoms with Gasteiger partial charge in [-0.2, -0.15) is 0 Å². The first-order chi connectivity index (χ1) is 15.1. The number of aromatic carboxylic acids is 1. The van der Waals surface area contributed by atoms with Crippen LogP contribution in [0.3, 0.4) is 0 Å². The summed E-state index contributed by atoms with van der Waals surface area (Å²) >= 11 is 0. The lowest BCUT2D eigenvalue weighted by atomic mass is 10.0. The van der Waals surface area contributed by atoms with Crippen LogP contribution < -0.4 is 9.47 Å². The van der Waals surface area contributed by atoms with Crippen molar-refractivity contribution >= 4 is 17.0 Å². The maximum atomic E-state index is 11.2. The molecule has 3 aromatic rings. The highest BCUT2D eigenvalue weighted by Gasteiger charge is 2.23. The zero-order valence-electron chi connectivity index (χ0n) is 18.0. The average Bonchev–Trinajstić information content (AvgIpc) is 3.20. The average molecular weight is 425 g/mol. The summed E-state index contributed by atoms with van der Waals surface area (Å²) in [5.41, 5.74) is 2.95. The van der Waals surface area contributed by atoms with Crippen molar-refractivity contribution in [2.24, 2.45) is 0 Å². The molecular weight excluding hydrogens is 396 g/mol. The van der Waals surface area contributed by atoms with Crippen LogP contribution in [-0.2, 0) is 6.54 Å². The third-order valence-electron chi connectivity index (χ3n) is 5.63. The van der Waals surface area contributed by atoms with Crippen molar-refractivity contribution < 1.29 is 19.4 Å². The van der Waals surface area contributed by atoms with E-state index in [9.17, 15) is 4.79 Å². The number of carboxylic acids is 1. The van der Waals surface area contributed by atoms with Crippen LogP contribution in [0.15, 0.2) is 36.4 Å². The summed E-state index contributed by atoms with van der Waals surface area (Å²) in [4.78, 5) is 13.6. The number of carboxylic acid groups (broad SMARTS) is 1. The number of aromatic nitrogens is 3. The fourth-order valence-electron chi connectivity index (χ4n) is 4.12. The molecule has 8 heteroatoms. The van der Waals surface area contributed by atoms with E-state index < -0.39 is 5.97 Å². The Morgan fingerprint density at radius 3 is 2.52 bits per heavy atom. The Balaban J connectivity index is 1.40. The maximum Gasteiger partial charge on any atom is 0.335 e. The van der Waals surface area contributed by atoms with Gasteiger partial charge in [-0.25, -0.2) is 9.48 Å². The van der Waals surface area contributed by atoms with Crippen molar-refractivity contribution in [2.45, 2.75) is 39.3 Å². The van der Waals surface area contributed by atoms with Gasteiger partial charge in [0, 0.05) is 19.6 Å². The molecule has 1 aliphatic rings. The Hall–Kier alpha value is -3.13. The summed E-state index contributed by atoms with van der Waals surface area (Å²) in [5, 5.41) is 17.7. The number of ether oxygens (including phenoxy) is 2. The summed E-state index contributed by atoms with van der Waals surface area (Å²) < 4.78 is 13.4. The summed E-state index contributed by atoms with van der Waals surface area (Å²) in [5.74, 6) is 0.633. The van der Waals surface area contributed by atoms with Crippen molar-refractivity contribution in [3.63, 3.8) is 0 Å². The number of carbonyl (C=O) groups is 1. The van der Waals surface area contributed by atoms with E-state index in [1.54, 1.807) is 18.2 Å². The molecule has 1 fully saturated rings. The Morgan fingerprint density at radius 1 is 1.06 bits per heavy atom. The molecule has 2 heterocycles. The number of nitrogens with zero attached hydrogens (tertiary/aromatic N) is 4. The van der Waals surface area contributed by atoms with Gasteiger partial charge in [0.25, 0.3) is 0 Å². The minimum Gasteiger partial charge on any atom is -0.490 e. The van der Waals surface area contributed by atoms with E-state index >= 15 is 0 Å². The number of rotatable bonds is 8. The number of fused-ring (bicyclic) bond motifs is 1. The third-order valence-corrected chi connectivity index (χ3v) is 5.63. The van der Waals surface area contributed by atoms with E-state index in [4.69, 9.17) is 14.6 Å². The lowest BCUT2D eigenvalue weighted by Gasteiger charge is -2.32. The van der Waals surface area contributed by atoms with E-state index in [0.717, 1.165) is 49.5 Å². The van der Waals surface area contributed by atoms with E-state index in [1.807, 2.05) is 24.6 Å². The minimum atomic E-state index is -0.952. The highest BCUT2D eigenvalue weighted by atomic mass is 16.5. The summed E-state index contributed by atoms with van der Waals surface area (Å²) in [6, 6.07) is 11.4. The first-order valence-corrected chi connectivity index (χ1v) is 10.8. The van der Waals surface area contributed by atoms with Gasteiger partial charge >= 0.3 is 5.97 Å². The van der Waals surface area contributed by atoms with Crippen molar-refractivity contribution in [3.8, 4) is 11.5 Å². The molecular formula is C23H28N4O4. The number of hydrogen-bond donors (Lipinski definition) is 1. The van der Waals surface area contributed by atoms with Crippen molar-refractivity contribution in [1.82, 2.24) is 19.9 Å². The molecule has 1 saturated heterocycles. The van der Waals surface area contributed by atoms with Gasteiger partial charge in [-0.1, -0.05) is 11.3 Å². The molecule has 164 valence electrons. The van der Waals surface area contributed by atoms with Crippen molar-refractivity contribution in [3.05, 3.63) is 47.5 Å². The fraction of sp³-hybridized carbons (Fsp3) is 0.435. The fourth-order valence-corrected chi connectivity index (χ4v) is 4.12. The van der Waals surface area contributed by atoms with Gasteiger partial charge in [-0.05, 0) is 62.6 Å². The van der Waals surface area contributed by atoms with Gasteiger partial charge in [0.05, 0.1) is 30.3 Å². The highest BCUT2D eigenvalue weighted by molar-refractivity contribution is 5.92. The Labute approximate surface area is 181 Å². The van der Waals surface area contributed by atoms with E-state index in [1.165, 1.54) is 5.56 Å². The molecule has 1 aliphatic heterocycles. The summed E-state index contributed by atoms with van der Waals surface area (Å²) in [6.07, 6.45) is 1.93. The molecule has 0 amide bonds. The predicted molar refractivity (Wildman–Crippen MR) is 117 cm³/mol. The zero-order chi connectivity index (χ0) is 21.8. The van der Waals surface area contributed by atoms with Gasteiger partial charge in [0.1, 0.15) is 5.52 Å². The summed E-state index contributed by atoms with van der Waals surface area (Å²) in [6.45, 7) is 7.93. The van der Waals surface area contributed by atoms with Crippen LogP contribution >= 0.6 is 0 Å². The molecule has 31 heavy (non-hydrogen) atoms. The molecule has 2 aromatic carbocycles. The third kappa shape index (κ3) is 4.64. The van der Waals surface area contributed by atoms with Crippen LogP contribution in [0.4, 0.5) is 0 Å². The largest absolute Gasteiger partial charge is 0.490 e. The smallest absolute Gasteiger partial charge is 0.335 e. The van der Waals surface area contributed by atoms with Crippen LogP contribution in [0.1, 0.15) is 48.7 Å². The SMILES string of the molecule is CCOc1ccc(CN2CCC(n3nnc4cc(C(=O)O)ccc43)CC2)cc1OCC. The standard InChI is InChI=1S/C23H28N4O4/c1-3-30-21-8-5-16(13-22(21)31-4-2)15-26-11-9-18(10-12-26)27-20-7-6-17(23(28)29)14-19(20)24-25-27/h5-8,13-14,18H,3-4,9-12,15H2,1-2H3,(H,28,29). The molecule has 0 bridgehead atoms. The Kier molecular flexibility index (Phi) is 6.36. The number of benzene rings is 2. The van der Waals surface area contributed by atoms with Crippen LogP contribution in [-0.4, -0.2) is 57.3 Å². The van der Waals surface area contributed by atoms with E-state index in [-0.39, 0.29) is 11.6 Å². The van der Waals surface area contributed by atoms with Crippen LogP contribution in [0.2, 0.25) is 0 Å². The monoisotopic (exact) mass is 424 g/mol. The minimum absolute atomic E-state index is 0.233. The van der Waals surface area contributed by atoms with E-state index in [0.29, 0.717) is 18.7 Å². The molecule has 1 N–H and O–H groups in total. The molecule has 4 rings (SSSR count). The van der Waals surface area contributed by atoms with E-state index in [2.05, 4.69) is 27.3 Å². The number of hydrogen-bond acceptors (Lipinski definition) is 6. The lowest BCUT2D eigenvalue weighted by molar-refractivity contribution is 0.0697. The number of likely N-dealkylation sites (tertiary alicyclic amines) is 1. The predicted octanol–water partition coefficient (Wildman–Crippen LogP) is 3.76. The molecule has 8 nitrogen and oxygen atoms in total.